The zero-order chi connectivity index (χ0) is 12.4. The highest BCUT2D eigenvalue weighted by Gasteiger charge is 2.18. The quantitative estimate of drug-likeness (QED) is 0.309. The van der Waals surface area contributed by atoms with E-state index in [1.807, 2.05) is 0 Å². The van der Waals surface area contributed by atoms with Crippen molar-refractivity contribution < 1.29 is 4.43 Å². The summed E-state index contributed by atoms with van der Waals surface area (Å²) in [6.07, 6.45) is 12.6. The van der Waals surface area contributed by atoms with Gasteiger partial charge in [0, 0.05) is 0 Å². The Morgan fingerprint density at radius 1 is 1.06 bits per heavy atom. The number of allylic oxidation sites excluding steroid dienone is 1. The minimum Gasteiger partial charge on any atom is -0.411 e. The molecule has 16 heavy (non-hydrogen) atoms. The highest BCUT2D eigenvalue weighted by atomic mass is 28.4. The van der Waals surface area contributed by atoms with E-state index in [1.54, 1.807) is 0 Å². The van der Waals surface area contributed by atoms with E-state index >= 15 is 0 Å². The fourth-order valence-corrected chi connectivity index (χ4v) is 2.92. The molecule has 0 aromatic rings. The van der Waals surface area contributed by atoms with Crippen LogP contribution < -0.4 is 0 Å². The van der Waals surface area contributed by atoms with Crippen LogP contribution in [0.2, 0.25) is 19.6 Å². The minimum atomic E-state index is -1.38. The van der Waals surface area contributed by atoms with Crippen LogP contribution in [0.4, 0.5) is 0 Å². The monoisotopic (exact) mass is 242 g/mol. The molecule has 0 rings (SSSR count). The zero-order valence-electron chi connectivity index (χ0n) is 11.9. The lowest BCUT2D eigenvalue weighted by Crippen LogP contribution is -2.31. The van der Waals surface area contributed by atoms with Gasteiger partial charge in [0.15, 0.2) is 8.32 Å². The Kier molecular flexibility index (Phi) is 8.95. The van der Waals surface area contributed by atoms with Gasteiger partial charge in [0.05, 0.1) is 6.10 Å². The van der Waals surface area contributed by atoms with Crippen LogP contribution in [-0.4, -0.2) is 14.4 Å². The van der Waals surface area contributed by atoms with Crippen molar-refractivity contribution in [3.05, 3.63) is 12.2 Å². The van der Waals surface area contributed by atoms with Crippen LogP contribution in [0, 0.1) is 0 Å². The summed E-state index contributed by atoms with van der Waals surface area (Å²) in [5.41, 5.74) is 0. The van der Waals surface area contributed by atoms with Gasteiger partial charge in [-0.3, -0.25) is 0 Å². The SMILES string of the molecule is CC=CC(CCCCCCC)O[Si](C)(C)C. The molecule has 0 bridgehead atoms. The second-order valence-electron chi connectivity index (χ2n) is 5.50. The van der Waals surface area contributed by atoms with Gasteiger partial charge < -0.3 is 4.43 Å². The number of hydrogen-bond acceptors (Lipinski definition) is 1. The zero-order valence-corrected chi connectivity index (χ0v) is 12.9. The van der Waals surface area contributed by atoms with E-state index < -0.39 is 8.32 Å². The molecule has 0 radical (unpaired) electrons. The Morgan fingerprint density at radius 3 is 2.19 bits per heavy atom. The van der Waals surface area contributed by atoms with Gasteiger partial charge in [0.1, 0.15) is 0 Å². The molecule has 0 aromatic carbocycles. The molecule has 0 fully saturated rings. The fraction of sp³-hybridized carbons (Fsp3) is 0.857. The molecule has 1 atom stereocenters. The number of hydrogen-bond donors (Lipinski definition) is 0. The van der Waals surface area contributed by atoms with Crippen molar-refractivity contribution in [3.63, 3.8) is 0 Å². The number of unbranched alkanes of at least 4 members (excludes halogenated alkanes) is 4. The Balaban J connectivity index is 3.77. The molecule has 2 heteroatoms. The normalized spacial score (nSPS) is 14.6. The summed E-state index contributed by atoms with van der Waals surface area (Å²) in [6, 6.07) is 0. The average molecular weight is 242 g/mol. The van der Waals surface area contributed by atoms with E-state index in [2.05, 4.69) is 45.6 Å². The molecule has 1 unspecified atom stereocenters. The molecule has 1 nitrogen and oxygen atoms in total. The van der Waals surface area contributed by atoms with Crippen molar-refractivity contribution in [2.24, 2.45) is 0 Å². The molecule has 0 aromatic heterocycles. The van der Waals surface area contributed by atoms with Crippen molar-refractivity contribution in [1.29, 1.82) is 0 Å². The first-order valence-electron chi connectivity index (χ1n) is 6.80. The van der Waals surface area contributed by atoms with Gasteiger partial charge in [0.25, 0.3) is 0 Å². The summed E-state index contributed by atoms with van der Waals surface area (Å²) in [5.74, 6) is 0. The Bertz CT molecular complexity index is 182. The Morgan fingerprint density at radius 2 is 1.69 bits per heavy atom. The lowest BCUT2D eigenvalue weighted by atomic mass is 10.1. The molecule has 0 heterocycles. The van der Waals surface area contributed by atoms with Gasteiger partial charge in [0.2, 0.25) is 0 Å². The summed E-state index contributed by atoms with van der Waals surface area (Å²) in [6.45, 7) is 11.1. The van der Waals surface area contributed by atoms with Crippen LogP contribution >= 0.6 is 0 Å². The van der Waals surface area contributed by atoms with E-state index in [1.165, 1.54) is 38.5 Å². The highest BCUT2D eigenvalue weighted by Crippen LogP contribution is 2.15. The third-order valence-electron chi connectivity index (χ3n) is 2.50. The first-order valence-corrected chi connectivity index (χ1v) is 10.2. The first kappa shape index (κ1) is 15.9. The second kappa shape index (κ2) is 9.00. The summed E-state index contributed by atoms with van der Waals surface area (Å²) >= 11 is 0. The van der Waals surface area contributed by atoms with Crippen molar-refractivity contribution in [2.75, 3.05) is 0 Å². The maximum atomic E-state index is 6.14. The molecule has 0 aliphatic heterocycles. The third kappa shape index (κ3) is 10.4. The van der Waals surface area contributed by atoms with E-state index in [9.17, 15) is 0 Å². The van der Waals surface area contributed by atoms with E-state index in [0.29, 0.717) is 6.10 Å². The molecule has 0 N–H and O–H groups in total. The molecule has 0 amide bonds. The topological polar surface area (TPSA) is 9.23 Å². The predicted molar refractivity (Wildman–Crippen MR) is 76.4 cm³/mol. The lowest BCUT2D eigenvalue weighted by molar-refractivity contribution is 0.226. The van der Waals surface area contributed by atoms with Gasteiger partial charge >= 0.3 is 0 Å². The predicted octanol–water partition coefficient (Wildman–Crippen LogP) is 5.14. The molecule has 0 saturated heterocycles. The standard InChI is InChI=1S/C14H30OSi/c1-6-8-9-10-11-13-14(12-7-2)15-16(3,4)5/h7,12,14H,6,8-11,13H2,1-5H3. The Labute approximate surface area is 103 Å². The largest absolute Gasteiger partial charge is 0.411 e. The summed E-state index contributed by atoms with van der Waals surface area (Å²) in [5, 5.41) is 0. The van der Waals surface area contributed by atoms with E-state index in [0.717, 1.165) is 0 Å². The van der Waals surface area contributed by atoms with Crippen LogP contribution in [0.25, 0.3) is 0 Å². The van der Waals surface area contributed by atoms with Crippen molar-refractivity contribution in [2.45, 2.75) is 78.1 Å². The van der Waals surface area contributed by atoms with Crippen LogP contribution in [0.1, 0.15) is 52.4 Å². The van der Waals surface area contributed by atoms with Crippen molar-refractivity contribution >= 4 is 8.32 Å². The van der Waals surface area contributed by atoms with Gasteiger partial charge in [-0.25, -0.2) is 0 Å². The third-order valence-corrected chi connectivity index (χ3v) is 3.51. The fourth-order valence-electron chi connectivity index (χ4n) is 1.81. The van der Waals surface area contributed by atoms with Crippen molar-refractivity contribution in [3.8, 4) is 0 Å². The van der Waals surface area contributed by atoms with E-state index in [-0.39, 0.29) is 0 Å². The minimum absolute atomic E-state index is 0.360. The molecule has 96 valence electrons. The van der Waals surface area contributed by atoms with Gasteiger partial charge in [-0.1, -0.05) is 51.2 Å². The summed E-state index contributed by atoms with van der Waals surface area (Å²) in [7, 11) is -1.38. The molecule has 0 aliphatic carbocycles. The Hall–Kier alpha value is -0.0831. The van der Waals surface area contributed by atoms with Crippen LogP contribution in [0.5, 0.6) is 0 Å². The maximum Gasteiger partial charge on any atom is 0.184 e. The second-order valence-corrected chi connectivity index (χ2v) is 9.96. The van der Waals surface area contributed by atoms with Crippen LogP contribution in [0.3, 0.4) is 0 Å². The maximum absolute atomic E-state index is 6.14. The van der Waals surface area contributed by atoms with Crippen molar-refractivity contribution in [1.82, 2.24) is 0 Å². The average Bonchev–Trinajstić information content (AvgIpc) is 2.15. The summed E-state index contributed by atoms with van der Waals surface area (Å²) in [4.78, 5) is 0. The van der Waals surface area contributed by atoms with Gasteiger partial charge in [-0.15, -0.1) is 0 Å². The van der Waals surface area contributed by atoms with Gasteiger partial charge in [-0.05, 0) is 33.0 Å². The summed E-state index contributed by atoms with van der Waals surface area (Å²) < 4.78 is 6.14. The molecular weight excluding hydrogens is 212 g/mol. The highest BCUT2D eigenvalue weighted by molar-refractivity contribution is 6.69. The molecular formula is C14H30OSi. The smallest absolute Gasteiger partial charge is 0.184 e. The van der Waals surface area contributed by atoms with Crippen LogP contribution in [0.15, 0.2) is 12.2 Å². The first-order chi connectivity index (χ1) is 7.49. The number of rotatable bonds is 9. The molecule has 0 saturated carbocycles. The van der Waals surface area contributed by atoms with E-state index in [4.69, 9.17) is 4.43 Å². The lowest BCUT2D eigenvalue weighted by Gasteiger charge is -2.24. The molecule has 0 spiro atoms. The van der Waals surface area contributed by atoms with Crippen LogP contribution in [-0.2, 0) is 4.43 Å². The molecule has 0 aliphatic rings. The van der Waals surface area contributed by atoms with Gasteiger partial charge in [-0.2, -0.15) is 0 Å².